The van der Waals surface area contributed by atoms with E-state index in [-0.39, 0.29) is 6.61 Å². The van der Waals surface area contributed by atoms with Crippen molar-refractivity contribution in [1.29, 1.82) is 0 Å². The molecule has 0 bridgehead atoms. The summed E-state index contributed by atoms with van der Waals surface area (Å²) < 4.78 is 6.44. The first-order valence-electron chi connectivity index (χ1n) is 6.85. The molecule has 0 saturated heterocycles. The fourth-order valence-electron chi connectivity index (χ4n) is 2.25. The van der Waals surface area contributed by atoms with E-state index in [1.807, 2.05) is 30.3 Å². The average molecular weight is 364 g/mol. The number of nitrogens with one attached hydrogen (secondary N) is 1. The van der Waals surface area contributed by atoms with Crippen LogP contribution in [0.5, 0.6) is 5.75 Å². The second-order valence-electron chi connectivity index (χ2n) is 5.38. The topological polar surface area (TPSA) is 75.6 Å². The molecule has 6 heteroatoms. The smallest absolute Gasteiger partial charge is 0.329 e. The summed E-state index contributed by atoms with van der Waals surface area (Å²) in [7, 11) is 0. The van der Waals surface area contributed by atoms with Gasteiger partial charge in [0.05, 0.1) is 0 Å². The van der Waals surface area contributed by atoms with Gasteiger partial charge in [0.1, 0.15) is 11.3 Å². The van der Waals surface area contributed by atoms with Crippen LogP contribution in [0.25, 0.3) is 10.8 Å². The van der Waals surface area contributed by atoms with Crippen LogP contribution in [0.4, 0.5) is 0 Å². The minimum Gasteiger partial charge on any atom is -0.484 e. The van der Waals surface area contributed by atoms with E-state index in [1.165, 1.54) is 0 Å². The lowest BCUT2D eigenvalue weighted by molar-refractivity contribution is -0.143. The largest absolute Gasteiger partial charge is 0.484 e. The van der Waals surface area contributed by atoms with Gasteiger partial charge in [-0.1, -0.05) is 28.1 Å². The molecule has 0 unspecified atom stereocenters. The highest BCUT2D eigenvalue weighted by Crippen LogP contribution is 2.35. The number of benzene rings is 2. The molecule has 0 aliphatic heterocycles. The fourth-order valence-corrected chi connectivity index (χ4v) is 2.63. The van der Waals surface area contributed by atoms with E-state index >= 15 is 0 Å². The summed E-state index contributed by atoms with van der Waals surface area (Å²) in [4.78, 5) is 22.8. The molecule has 2 N–H and O–H groups in total. The third-order valence-corrected chi connectivity index (χ3v) is 4.18. The van der Waals surface area contributed by atoms with E-state index < -0.39 is 17.4 Å². The molecular weight excluding hydrogens is 350 g/mol. The summed E-state index contributed by atoms with van der Waals surface area (Å²) in [6, 6.07) is 11.4. The monoisotopic (exact) mass is 363 g/mol. The Labute approximate surface area is 135 Å². The summed E-state index contributed by atoms with van der Waals surface area (Å²) in [5, 5.41) is 13.6. The number of carbonyl (C=O) groups excluding carboxylic acids is 1. The maximum Gasteiger partial charge on any atom is 0.329 e. The number of carbonyl (C=O) groups is 2. The van der Waals surface area contributed by atoms with Gasteiger partial charge >= 0.3 is 5.97 Å². The van der Waals surface area contributed by atoms with E-state index in [0.29, 0.717) is 18.6 Å². The lowest BCUT2D eigenvalue weighted by Gasteiger charge is -2.13. The second-order valence-corrected chi connectivity index (χ2v) is 6.29. The fraction of sp³-hybridized carbons (Fsp3) is 0.250. The molecule has 1 amide bonds. The highest BCUT2D eigenvalue weighted by Gasteiger charge is 2.51. The Kier molecular flexibility index (Phi) is 3.78. The summed E-state index contributed by atoms with van der Waals surface area (Å²) in [6.07, 6.45) is 0.942. The van der Waals surface area contributed by atoms with Crippen LogP contribution in [0.15, 0.2) is 40.9 Å². The zero-order valence-electron chi connectivity index (χ0n) is 11.6. The molecule has 5 nitrogen and oxygen atoms in total. The summed E-state index contributed by atoms with van der Waals surface area (Å²) in [5.74, 6) is -0.835. The number of rotatable bonds is 5. The molecule has 0 aromatic heterocycles. The van der Waals surface area contributed by atoms with Crippen LogP contribution in [0.1, 0.15) is 12.8 Å². The molecule has 1 saturated carbocycles. The van der Waals surface area contributed by atoms with E-state index in [0.717, 1.165) is 15.2 Å². The molecule has 2 aromatic rings. The van der Waals surface area contributed by atoms with E-state index in [2.05, 4.69) is 21.2 Å². The molecule has 0 atom stereocenters. The van der Waals surface area contributed by atoms with Crippen molar-refractivity contribution < 1.29 is 19.4 Å². The first-order valence-corrected chi connectivity index (χ1v) is 7.64. The van der Waals surface area contributed by atoms with Crippen molar-refractivity contribution in [3.05, 3.63) is 40.9 Å². The number of hydrogen-bond acceptors (Lipinski definition) is 3. The van der Waals surface area contributed by atoms with E-state index in [9.17, 15) is 9.59 Å². The maximum absolute atomic E-state index is 11.8. The van der Waals surface area contributed by atoms with E-state index in [4.69, 9.17) is 9.84 Å². The number of aliphatic carboxylic acids is 1. The van der Waals surface area contributed by atoms with Crippen molar-refractivity contribution in [3.63, 3.8) is 0 Å². The van der Waals surface area contributed by atoms with Crippen molar-refractivity contribution in [3.8, 4) is 5.75 Å². The summed E-state index contributed by atoms with van der Waals surface area (Å²) >= 11 is 3.41. The van der Waals surface area contributed by atoms with Crippen LogP contribution in [-0.4, -0.2) is 29.1 Å². The van der Waals surface area contributed by atoms with Crippen molar-refractivity contribution in [2.45, 2.75) is 18.4 Å². The Hall–Kier alpha value is -2.08. The number of ether oxygens (including phenoxy) is 1. The normalized spacial score (nSPS) is 15.3. The molecule has 22 heavy (non-hydrogen) atoms. The van der Waals surface area contributed by atoms with Gasteiger partial charge in [0.2, 0.25) is 0 Å². The molecule has 2 aromatic carbocycles. The van der Waals surface area contributed by atoms with Gasteiger partial charge in [-0.25, -0.2) is 4.79 Å². The van der Waals surface area contributed by atoms with Crippen LogP contribution < -0.4 is 10.1 Å². The van der Waals surface area contributed by atoms with Gasteiger partial charge in [0.15, 0.2) is 6.61 Å². The average Bonchev–Trinajstić information content (AvgIpc) is 3.26. The van der Waals surface area contributed by atoms with Crippen LogP contribution in [0.3, 0.4) is 0 Å². The van der Waals surface area contributed by atoms with Gasteiger partial charge in [-0.3, -0.25) is 4.79 Å². The first-order chi connectivity index (χ1) is 10.5. The highest BCUT2D eigenvalue weighted by molar-refractivity contribution is 9.10. The number of carboxylic acids is 1. The third-order valence-electron chi connectivity index (χ3n) is 3.68. The van der Waals surface area contributed by atoms with Gasteiger partial charge in [-0.2, -0.15) is 0 Å². The molecule has 0 radical (unpaired) electrons. The van der Waals surface area contributed by atoms with Gasteiger partial charge in [-0.05, 0) is 47.9 Å². The number of fused-ring (bicyclic) bond motifs is 1. The quantitative estimate of drug-likeness (QED) is 0.856. The predicted molar refractivity (Wildman–Crippen MR) is 84.9 cm³/mol. The minimum atomic E-state index is -1.07. The summed E-state index contributed by atoms with van der Waals surface area (Å²) in [5.41, 5.74) is -1.07. The molecule has 1 fully saturated rings. The number of halogens is 1. The number of carboxylic acid groups (broad SMARTS) is 1. The minimum absolute atomic E-state index is 0.197. The molecule has 0 spiro atoms. The summed E-state index contributed by atoms with van der Waals surface area (Å²) in [6.45, 7) is -0.197. The predicted octanol–water partition coefficient (Wildman–Crippen LogP) is 2.71. The SMILES string of the molecule is O=C(COc1ccc2cc(Br)ccc2c1)NC1(C(=O)O)CC1. The van der Waals surface area contributed by atoms with Gasteiger partial charge in [0, 0.05) is 4.47 Å². The number of amides is 1. The van der Waals surface area contributed by atoms with Gasteiger partial charge in [0.25, 0.3) is 5.91 Å². The van der Waals surface area contributed by atoms with E-state index in [1.54, 1.807) is 6.07 Å². The van der Waals surface area contributed by atoms with Crippen LogP contribution in [0, 0.1) is 0 Å². The first kappa shape index (κ1) is 14.8. The Morgan fingerprint density at radius 1 is 1.18 bits per heavy atom. The van der Waals surface area contributed by atoms with Crippen LogP contribution in [0.2, 0.25) is 0 Å². The molecule has 1 aliphatic carbocycles. The highest BCUT2D eigenvalue weighted by atomic mass is 79.9. The van der Waals surface area contributed by atoms with Crippen molar-refractivity contribution >= 4 is 38.6 Å². The molecule has 1 aliphatic rings. The Balaban J connectivity index is 1.63. The van der Waals surface area contributed by atoms with Crippen molar-refractivity contribution in [2.24, 2.45) is 0 Å². The Morgan fingerprint density at radius 3 is 2.55 bits per heavy atom. The lowest BCUT2D eigenvalue weighted by atomic mass is 10.1. The third kappa shape index (κ3) is 3.06. The molecule has 3 rings (SSSR count). The number of hydrogen-bond donors (Lipinski definition) is 2. The standard InChI is InChI=1S/C16H14BrNO4/c17-12-3-1-11-8-13(4-2-10(11)7-12)22-9-14(19)18-16(5-6-16)15(20)21/h1-4,7-8H,5-6,9H2,(H,18,19)(H,20,21). The van der Waals surface area contributed by atoms with Gasteiger partial charge < -0.3 is 15.2 Å². The van der Waals surface area contributed by atoms with Crippen molar-refractivity contribution in [1.82, 2.24) is 5.32 Å². The maximum atomic E-state index is 11.8. The lowest BCUT2D eigenvalue weighted by Crippen LogP contribution is -2.45. The molecule has 114 valence electrons. The Bertz CT molecular complexity index is 755. The van der Waals surface area contributed by atoms with Crippen LogP contribution in [-0.2, 0) is 9.59 Å². The molecular formula is C16H14BrNO4. The Morgan fingerprint density at radius 2 is 1.86 bits per heavy atom. The van der Waals surface area contributed by atoms with Crippen molar-refractivity contribution in [2.75, 3.05) is 6.61 Å². The zero-order chi connectivity index (χ0) is 15.7. The molecule has 0 heterocycles. The van der Waals surface area contributed by atoms with Gasteiger partial charge in [-0.15, -0.1) is 0 Å². The zero-order valence-corrected chi connectivity index (χ0v) is 13.2. The van der Waals surface area contributed by atoms with Crippen LogP contribution >= 0.6 is 15.9 Å². The second kappa shape index (κ2) is 5.61.